The summed E-state index contributed by atoms with van der Waals surface area (Å²) < 4.78 is 12.3. The molecule has 7 heteroatoms. The van der Waals surface area contributed by atoms with E-state index in [4.69, 9.17) is 9.47 Å². The highest BCUT2D eigenvalue weighted by Gasteiger charge is 2.17. The average molecular weight is 381 g/mol. The van der Waals surface area contributed by atoms with Crippen LogP contribution in [0.5, 0.6) is 11.5 Å². The van der Waals surface area contributed by atoms with E-state index in [1.54, 1.807) is 12.1 Å². The van der Waals surface area contributed by atoms with Crippen LogP contribution in [-0.4, -0.2) is 28.5 Å². The maximum atomic E-state index is 12.5. The van der Waals surface area contributed by atoms with E-state index in [9.17, 15) is 9.59 Å². The molecule has 0 aliphatic rings. The third-order valence-electron chi connectivity index (χ3n) is 4.54. The van der Waals surface area contributed by atoms with Crippen LogP contribution < -0.4 is 14.8 Å². The van der Waals surface area contributed by atoms with Crippen molar-refractivity contribution in [2.45, 2.75) is 26.2 Å². The summed E-state index contributed by atoms with van der Waals surface area (Å²) in [4.78, 5) is 28.3. The van der Waals surface area contributed by atoms with Gasteiger partial charge >= 0.3 is 5.97 Å². The Morgan fingerprint density at radius 3 is 2.61 bits per heavy atom. The summed E-state index contributed by atoms with van der Waals surface area (Å²) >= 11 is 0. The van der Waals surface area contributed by atoms with E-state index in [-0.39, 0.29) is 18.2 Å². The van der Waals surface area contributed by atoms with Gasteiger partial charge in [-0.25, -0.2) is 4.98 Å². The molecule has 28 heavy (non-hydrogen) atoms. The van der Waals surface area contributed by atoms with Crippen LogP contribution in [-0.2, 0) is 16.6 Å². The lowest BCUT2D eigenvalue weighted by Crippen LogP contribution is -2.17. The molecule has 0 saturated carbocycles. The first kappa shape index (κ1) is 19.4. The summed E-state index contributed by atoms with van der Waals surface area (Å²) in [6.07, 6.45) is 0.259. The van der Waals surface area contributed by atoms with Gasteiger partial charge in [-0.05, 0) is 35.7 Å². The number of methoxy groups -OCH3 is 1. The van der Waals surface area contributed by atoms with Gasteiger partial charge in [0, 0.05) is 20.4 Å². The molecule has 7 nitrogen and oxygen atoms in total. The number of ether oxygens (including phenoxy) is 2. The van der Waals surface area contributed by atoms with E-state index >= 15 is 0 Å². The standard InChI is InChI=1S/C21H23N3O4/c1-13(15-9-10-18(27-4)19(12-15)28-14(2)25)11-20(26)23-21-22-16-7-5-6-8-17(16)24(21)3/h5-10,12-13H,11H2,1-4H3,(H,22,23,26). The number of nitrogens with zero attached hydrogens (tertiary/aromatic N) is 2. The molecule has 2 aromatic carbocycles. The molecule has 3 aromatic rings. The van der Waals surface area contributed by atoms with Crippen molar-refractivity contribution in [1.29, 1.82) is 0 Å². The second kappa shape index (κ2) is 8.12. The van der Waals surface area contributed by atoms with Gasteiger partial charge in [-0.2, -0.15) is 0 Å². The van der Waals surface area contributed by atoms with Gasteiger partial charge in [-0.3, -0.25) is 14.9 Å². The Kier molecular flexibility index (Phi) is 5.63. The van der Waals surface area contributed by atoms with Crippen molar-refractivity contribution < 1.29 is 19.1 Å². The Hall–Kier alpha value is -3.35. The maximum Gasteiger partial charge on any atom is 0.308 e. The number of carbonyl (C=O) groups excluding carboxylic acids is 2. The van der Waals surface area contributed by atoms with Gasteiger partial charge < -0.3 is 14.0 Å². The van der Waals surface area contributed by atoms with Gasteiger partial charge in [0.25, 0.3) is 0 Å². The molecular formula is C21H23N3O4. The molecule has 1 amide bonds. The molecule has 1 aromatic heterocycles. The zero-order chi connectivity index (χ0) is 20.3. The first-order valence-electron chi connectivity index (χ1n) is 8.96. The SMILES string of the molecule is COc1ccc(C(C)CC(=O)Nc2nc3ccccc3n2C)cc1OC(C)=O. The molecule has 1 heterocycles. The van der Waals surface area contributed by atoms with Gasteiger partial charge in [-0.1, -0.05) is 25.1 Å². The van der Waals surface area contributed by atoms with Crippen LogP contribution in [0.2, 0.25) is 0 Å². The van der Waals surface area contributed by atoms with Crippen LogP contribution in [0.15, 0.2) is 42.5 Å². The highest BCUT2D eigenvalue weighted by atomic mass is 16.6. The van der Waals surface area contributed by atoms with Gasteiger partial charge in [0.1, 0.15) is 0 Å². The second-order valence-corrected chi connectivity index (χ2v) is 6.64. The van der Waals surface area contributed by atoms with Crippen molar-refractivity contribution in [2.75, 3.05) is 12.4 Å². The molecule has 0 bridgehead atoms. The summed E-state index contributed by atoms with van der Waals surface area (Å²) in [6.45, 7) is 3.27. The van der Waals surface area contributed by atoms with Crippen molar-refractivity contribution in [3.63, 3.8) is 0 Å². The lowest BCUT2D eigenvalue weighted by molar-refractivity contribution is -0.132. The van der Waals surface area contributed by atoms with E-state index < -0.39 is 5.97 Å². The zero-order valence-corrected chi connectivity index (χ0v) is 16.4. The molecule has 0 saturated heterocycles. The smallest absolute Gasteiger partial charge is 0.308 e. The summed E-state index contributed by atoms with van der Waals surface area (Å²) in [7, 11) is 3.37. The number of hydrogen-bond donors (Lipinski definition) is 1. The van der Waals surface area contributed by atoms with E-state index in [1.165, 1.54) is 14.0 Å². The van der Waals surface area contributed by atoms with Gasteiger partial charge in [0.15, 0.2) is 11.5 Å². The van der Waals surface area contributed by atoms with Crippen LogP contribution in [0, 0.1) is 0 Å². The molecule has 0 spiro atoms. The number of esters is 1. The predicted molar refractivity (Wildman–Crippen MR) is 107 cm³/mol. The number of rotatable bonds is 6. The van der Waals surface area contributed by atoms with Crippen LogP contribution in [0.3, 0.4) is 0 Å². The number of benzene rings is 2. The third-order valence-corrected chi connectivity index (χ3v) is 4.54. The predicted octanol–water partition coefficient (Wildman–Crippen LogP) is 3.64. The minimum Gasteiger partial charge on any atom is -0.493 e. The quantitative estimate of drug-likeness (QED) is 0.521. The monoisotopic (exact) mass is 381 g/mol. The van der Waals surface area contributed by atoms with E-state index in [0.29, 0.717) is 17.4 Å². The van der Waals surface area contributed by atoms with Gasteiger partial charge in [0.05, 0.1) is 18.1 Å². The zero-order valence-electron chi connectivity index (χ0n) is 16.4. The van der Waals surface area contributed by atoms with Gasteiger partial charge in [0.2, 0.25) is 11.9 Å². The number of aromatic nitrogens is 2. The summed E-state index contributed by atoms with van der Waals surface area (Å²) in [5, 5.41) is 2.87. The fourth-order valence-corrected chi connectivity index (χ4v) is 3.06. The normalized spacial score (nSPS) is 11.9. The topological polar surface area (TPSA) is 82.4 Å². The number of hydrogen-bond acceptors (Lipinski definition) is 5. The molecule has 1 unspecified atom stereocenters. The Labute approximate surface area is 163 Å². The first-order chi connectivity index (χ1) is 13.4. The largest absolute Gasteiger partial charge is 0.493 e. The average Bonchev–Trinajstić information content (AvgIpc) is 2.97. The van der Waals surface area contributed by atoms with E-state index in [0.717, 1.165) is 16.6 Å². The Bertz CT molecular complexity index is 1030. The number of fused-ring (bicyclic) bond motifs is 1. The summed E-state index contributed by atoms with van der Waals surface area (Å²) in [5.41, 5.74) is 2.65. The number of carbonyl (C=O) groups is 2. The highest BCUT2D eigenvalue weighted by Crippen LogP contribution is 2.32. The Morgan fingerprint density at radius 1 is 1.18 bits per heavy atom. The van der Waals surface area contributed by atoms with E-state index in [1.807, 2.05) is 48.9 Å². The van der Waals surface area contributed by atoms with Crippen LogP contribution in [0.1, 0.15) is 31.7 Å². The number of anilines is 1. The molecule has 146 valence electrons. The number of nitrogens with one attached hydrogen (secondary N) is 1. The minimum absolute atomic E-state index is 0.0881. The number of imidazole rings is 1. The van der Waals surface area contributed by atoms with Gasteiger partial charge in [-0.15, -0.1) is 0 Å². The lowest BCUT2D eigenvalue weighted by Gasteiger charge is -2.15. The number of para-hydroxylation sites is 2. The minimum atomic E-state index is -0.428. The molecule has 0 aliphatic carbocycles. The molecule has 0 aliphatic heterocycles. The van der Waals surface area contributed by atoms with Crippen LogP contribution in [0.4, 0.5) is 5.95 Å². The Morgan fingerprint density at radius 2 is 1.93 bits per heavy atom. The molecule has 0 radical (unpaired) electrons. The Balaban J connectivity index is 1.73. The molecule has 0 fully saturated rings. The van der Waals surface area contributed by atoms with Crippen molar-refractivity contribution in [1.82, 2.24) is 9.55 Å². The molecule has 1 atom stereocenters. The van der Waals surface area contributed by atoms with Crippen molar-refractivity contribution >= 4 is 28.9 Å². The molecular weight excluding hydrogens is 358 g/mol. The summed E-state index contributed by atoms with van der Waals surface area (Å²) in [5.74, 6) is 0.660. The fraction of sp³-hybridized carbons (Fsp3) is 0.286. The van der Waals surface area contributed by atoms with Crippen molar-refractivity contribution in [2.24, 2.45) is 7.05 Å². The second-order valence-electron chi connectivity index (χ2n) is 6.64. The first-order valence-corrected chi connectivity index (χ1v) is 8.96. The van der Waals surface area contributed by atoms with Crippen molar-refractivity contribution in [3.8, 4) is 11.5 Å². The van der Waals surface area contributed by atoms with E-state index in [2.05, 4.69) is 10.3 Å². The van der Waals surface area contributed by atoms with Crippen LogP contribution in [0.25, 0.3) is 11.0 Å². The van der Waals surface area contributed by atoms with Crippen molar-refractivity contribution in [3.05, 3.63) is 48.0 Å². The summed E-state index contributed by atoms with van der Waals surface area (Å²) in [6, 6.07) is 13.0. The van der Waals surface area contributed by atoms with Crippen LogP contribution >= 0.6 is 0 Å². The molecule has 1 N–H and O–H groups in total. The third kappa shape index (κ3) is 4.14. The lowest BCUT2D eigenvalue weighted by atomic mass is 9.97. The molecule has 3 rings (SSSR count). The number of amides is 1. The maximum absolute atomic E-state index is 12.5. The fourth-order valence-electron chi connectivity index (χ4n) is 3.06. The number of aryl methyl sites for hydroxylation is 1. The highest BCUT2D eigenvalue weighted by molar-refractivity contribution is 5.92.